The highest BCUT2D eigenvalue weighted by Gasteiger charge is 2.43. The zero-order valence-electron chi connectivity index (χ0n) is 14.7. The Bertz CT molecular complexity index is 801. The van der Waals surface area contributed by atoms with Crippen LogP contribution in [-0.2, 0) is 21.5 Å². The van der Waals surface area contributed by atoms with Crippen molar-refractivity contribution in [3.8, 4) is 0 Å². The molecule has 2 aromatic heterocycles. The van der Waals surface area contributed by atoms with Crippen LogP contribution >= 0.6 is 11.3 Å². The van der Waals surface area contributed by atoms with E-state index in [2.05, 4.69) is 16.3 Å². The Morgan fingerprint density at radius 2 is 2.19 bits per heavy atom. The van der Waals surface area contributed by atoms with Gasteiger partial charge in [0.15, 0.2) is 0 Å². The van der Waals surface area contributed by atoms with Crippen molar-refractivity contribution < 1.29 is 14.3 Å². The van der Waals surface area contributed by atoms with Crippen LogP contribution in [0.1, 0.15) is 57.6 Å². The van der Waals surface area contributed by atoms with Crippen molar-refractivity contribution in [1.29, 1.82) is 0 Å². The molecule has 0 bridgehead atoms. The third kappa shape index (κ3) is 2.69. The molecular weight excluding hydrogens is 350 g/mol. The summed E-state index contributed by atoms with van der Waals surface area (Å²) in [4.78, 5) is 16.9. The summed E-state index contributed by atoms with van der Waals surface area (Å²) in [5.74, 6) is 0.134. The number of ether oxygens (including phenoxy) is 2. The average molecular weight is 373 g/mol. The molecule has 1 atom stereocenters. The van der Waals surface area contributed by atoms with Crippen LogP contribution in [0, 0.1) is 0 Å². The molecule has 7 heteroatoms. The SMILES string of the molecule is O=C(c1ccc(C2CCCO2)s1)N1CCC2(CC1)OCCc1cn[nH]c12. The second-order valence-corrected chi connectivity index (χ2v) is 8.47. The predicted molar refractivity (Wildman–Crippen MR) is 97.3 cm³/mol. The van der Waals surface area contributed by atoms with Crippen LogP contribution in [0.4, 0.5) is 0 Å². The van der Waals surface area contributed by atoms with E-state index in [9.17, 15) is 4.79 Å². The maximum atomic E-state index is 12.9. The Morgan fingerprint density at radius 1 is 1.31 bits per heavy atom. The Hall–Kier alpha value is -1.70. The van der Waals surface area contributed by atoms with Crippen LogP contribution in [0.5, 0.6) is 0 Å². The maximum Gasteiger partial charge on any atom is 0.263 e. The number of nitrogens with one attached hydrogen (secondary N) is 1. The van der Waals surface area contributed by atoms with Crippen LogP contribution in [-0.4, -0.2) is 47.3 Å². The van der Waals surface area contributed by atoms with Crippen LogP contribution < -0.4 is 0 Å². The van der Waals surface area contributed by atoms with E-state index in [1.165, 1.54) is 10.4 Å². The Balaban J connectivity index is 1.28. The molecule has 0 aromatic carbocycles. The van der Waals surface area contributed by atoms with Crippen LogP contribution in [0.3, 0.4) is 0 Å². The largest absolute Gasteiger partial charge is 0.373 e. The minimum atomic E-state index is -0.292. The number of carbonyl (C=O) groups is 1. The van der Waals surface area contributed by atoms with Crippen molar-refractivity contribution in [3.63, 3.8) is 0 Å². The zero-order valence-corrected chi connectivity index (χ0v) is 15.5. The smallest absolute Gasteiger partial charge is 0.263 e. The first kappa shape index (κ1) is 16.5. The summed E-state index contributed by atoms with van der Waals surface area (Å²) in [6.45, 7) is 2.99. The number of hydrogen-bond acceptors (Lipinski definition) is 5. The van der Waals surface area contributed by atoms with Crippen molar-refractivity contribution in [2.75, 3.05) is 26.3 Å². The quantitative estimate of drug-likeness (QED) is 0.879. The summed E-state index contributed by atoms with van der Waals surface area (Å²) in [6.07, 6.45) is 6.81. The fourth-order valence-electron chi connectivity index (χ4n) is 4.39. The first-order valence-corrected chi connectivity index (χ1v) is 10.2. The summed E-state index contributed by atoms with van der Waals surface area (Å²) < 4.78 is 11.9. The minimum absolute atomic E-state index is 0.134. The van der Waals surface area contributed by atoms with Crippen molar-refractivity contribution in [1.82, 2.24) is 15.1 Å². The maximum absolute atomic E-state index is 12.9. The number of nitrogens with zero attached hydrogens (tertiary/aromatic N) is 2. The summed E-state index contributed by atoms with van der Waals surface area (Å²) in [7, 11) is 0. The lowest BCUT2D eigenvalue weighted by Crippen LogP contribution is -2.48. The number of hydrogen-bond donors (Lipinski definition) is 1. The molecule has 1 N–H and O–H groups in total. The van der Waals surface area contributed by atoms with Gasteiger partial charge < -0.3 is 14.4 Å². The predicted octanol–water partition coefficient (Wildman–Crippen LogP) is 3.03. The summed E-state index contributed by atoms with van der Waals surface area (Å²) in [6, 6.07) is 4.01. The number of carbonyl (C=O) groups excluding carboxylic acids is 1. The highest BCUT2D eigenvalue weighted by atomic mass is 32.1. The van der Waals surface area contributed by atoms with Gasteiger partial charge >= 0.3 is 0 Å². The van der Waals surface area contributed by atoms with E-state index in [-0.39, 0.29) is 17.6 Å². The molecule has 5 heterocycles. The van der Waals surface area contributed by atoms with E-state index >= 15 is 0 Å². The zero-order chi connectivity index (χ0) is 17.6. The first-order valence-electron chi connectivity index (χ1n) is 9.42. The molecule has 26 heavy (non-hydrogen) atoms. The lowest BCUT2D eigenvalue weighted by Gasteiger charge is -2.43. The van der Waals surface area contributed by atoms with Crippen molar-refractivity contribution in [2.45, 2.75) is 43.8 Å². The molecule has 3 aliphatic rings. The number of piperidine rings is 1. The summed E-state index contributed by atoms with van der Waals surface area (Å²) in [5.41, 5.74) is 2.09. The normalized spacial score (nSPS) is 24.8. The number of amides is 1. The molecule has 1 spiro atoms. The van der Waals surface area contributed by atoms with Gasteiger partial charge in [-0.15, -0.1) is 11.3 Å². The van der Waals surface area contributed by atoms with E-state index in [1.54, 1.807) is 11.3 Å². The lowest BCUT2D eigenvalue weighted by molar-refractivity contribution is -0.0961. The van der Waals surface area contributed by atoms with Gasteiger partial charge in [0.05, 0.1) is 29.5 Å². The summed E-state index contributed by atoms with van der Waals surface area (Å²) >= 11 is 1.59. The second-order valence-electron chi connectivity index (χ2n) is 7.36. The second kappa shape index (κ2) is 6.48. The van der Waals surface area contributed by atoms with Gasteiger partial charge in [-0.25, -0.2) is 0 Å². The molecule has 6 nitrogen and oxygen atoms in total. The van der Waals surface area contributed by atoms with Gasteiger partial charge in [0.1, 0.15) is 5.60 Å². The minimum Gasteiger partial charge on any atom is -0.373 e. The molecule has 5 rings (SSSR count). The molecule has 1 amide bonds. The summed E-state index contributed by atoms with van der Waals surface area (Å²) in [5, 5.41) is 7.34. The topological polar surface area (TPSA) is 67.4 Å². The molecule has 2 saturated heterocycles. The molecule has 3 aliphatic heterocycles. The highest BCUT2D eigenvalue weighted by Crippen LogP contribution is 2.41. The molecule has 0 radical (unpaired) electrons. The monoisotopic (exact) mass is 373 g/mol. The van der Waals surface area contributed by atoms with E-state index in [0.29, 0.717) is 13.1 Å². The third-order valence-corrected chi connectivity index (χ3v) is 7.03. The number of fused-ring (bicyclic) bond motifs is 2. The molecule has 2 fully saturated rings. The van der Waals surface area contributed by atoms with E-state index < -0.39 is 0 Å². The van der Waals surface area contributed by atoms with Gasteiger partial charge in [-0.2, -0.15) is 5.10 Å². The van der Waals surface area contributed by atoms with Crippen molar-refractivity contribution in [3.05, 3.63) is 39.3 Å². The Morgan fingerprint density at radius 3 is 3.00 bits per heavy atom. The fourth-order valence-corrected chi connectivity index (χ4v) is 5.45. The molecule has 1 unspecified atom stereocenters. The average Bonchev–Trinajstić information content (AvgIpc) is 3.41. The van der Waals surface area contributed by atoms with Crippen molar-refractivity contribution in [2.24, 2.45) is 0 Å². The highest BCUT2D eigenvalue weighted by molar-refractivity contribution is 7.14. The number of rotatable bonds is 2. The first-order chi connectivity index (χ1) is 12.8. The van der Waals surface area contributed by atoms with Gasteiger partial charge in [-0.1, -0.05) is 0 Å². The van der Waals surface area contributed by atoms with Gasteiger partial charge in [0.25, 0.3) is 5.91 Å². The van der Waals surface area contributed by atoms with Gasteiger partial charge in [-0.05, 0) is 49.8 Å². The molecule has 2 aromatic rings. The number of aromatic nitrogens is 2. The number of thiophene rings is 1. The molecule has 0 saturated carbocycles. The van der Waals surface area contributed by atoms with E-state index in [4.69, 9.17) is 9.47 Å². The van der Waals surface area contributed by atoms with Crippen LogP contribution in [0.25, 0.3) is 0 Å². The van der Waals surface area contributed by atoms with Gasteiger partial charge in [-0.3, -0.25) is 9.89 Å². The van der Waals surface area contributed by atoms with Crippen LogP contribution in [0.15, 0.2) is 18.3 Å². The standard InChI is InChI=1S/C19H23N3O3S/c23-18(16-4-3-15(26-16)14-2-1-10-24-14)22-8-6-19(7-9-22)17-13(5-11-25-19)12-20-21-17/h3-4,12,14H,1-2,5-11H2,(H,20,21). The molecule has 138 valence electrons. The number of aromatic amines is 1. The molecular formula is C19H23N3O3S. The number of H-pyrrole nitrogens is 1. The van der Waals surface area contributed by atoms with Crippen LogP contribution in [0.2, 0.25) is 0 Å². The Labute approximate surface area is 156 Å². The Kier molecular flexibility index (Phi) is 4.10. The number of likely N-dealkylation sites (tertiary alicyclic amines) is 1. The lowest BCUT2D eigenvalue weighted by atomic mass is 9.84. The van der Waals surface area contributed by atoms with Crippen molar-refractivity contribution >= 4 is 17.2 Å². The molecule has 0 aliphatic carbocycles. The fraction of sp³-hybridized carbons (Fsp3) is 0.579. The van der Waals surface area contributed by atoms with Gasteiger partial charge in [0, 0.05) is 24.6 Å². The van der Waals surface area contributed by atoms with E-state index in [0.717, 1.165) is 55.9 Å². The van der Waals surface area contributed by atoms with E-state index in [1.807, 2.05) is 17.2 Å². The van der Waals surface area contributed by atoms with Gasteiger partial charge in [0.2, 0.25) is 0 Å². The third-order valence-electron chi connectivity index (χ3n) is 5.87.